The molecule has 0 unspecified atom stereocenters. The van der Waals surface area contributed by atoms with E-state index in [1.165, 1.54) is 12.1 Å². The van der Waals surface area contributed by atoms with Crippen molar-refractivity contribution in [1.82, 2.24) is 10.2 Å². The minimum atomic E-state index is -2.93. The van der Waals surface area contributed by atoms with E-state index in [0.717, 1.165) is 5.56 Å². The molecule has 24 heavy (non-hydrogen) atoms. The molecule has 0 spiro atoms. The van der Waals surface area contributed by atoms with Gasteiger partial charge in [-0.05, 0) is 37.3 Å². The number of halogens is 2. The molecule has 124 valence electrons. The summed E-state index contributed by atoms with van der Waals surface area (Å²) in [7, 11) is 0. The van der Waals surface area contributed by atoms with Gasteiger partial charge < -0.3 is 13.9 Å². The molecule has 0 bridgehead atoms. The van der Waals surface area contributed by atoms with E-state index >= 15 is 0 Å². The zero-order chi connectivity index (χ0) is 16.9. The molecule has 5 nitrogen and oxygen atoms in total. The molecule has 0 N–H and O–H groups in total. The predicted molar refractivity (Wildman–Crippen MR) is 83.0 cm³/mol. The highest BCUT2D eigenvalue weighted by atomic mass is 19.3. The molecule has 0 radical (unpaired) electrons. The van der Waals surface area contributed by atoms with Crippen LogP contribution < -0.4 is 9.47 Å². The topological polar surface area (TPSA) is 57.4 Å². The van der Waals surface area contributed by atoms with Crippen LogP contribution in [0.15, 0.2) is 52.9 Å². The Morgan fingerprint density at radius 1 is 0.958 bits per heavy atom. The maximum atomic E-state index is 12.4. The number of aromatic nitrogens is 2. The van der Waals surface area contributed by atoms with Gasteiger partial charge in [0.1, 0.15) is 0 Å². The fourth-order valence-electron chi connectivity index (χ4n) is 2.14. The van der Waals surface area contributed by atoms with Gasteiger partial charge in [0.2, 0.25) is 11.8 Å². The van der Waals surface area contributed by atoms with E-state index in [1.807, 2.05) is 30.3 Å². The Hall–Kier alpha value is -2.96. The normalized spacial score (nSPS) is 10.8. The Kier molecular flexibility index (Phi) is 4.69. The van der Waals surface area contributed by atoms with E-state index in [-0.39, 0.29) is 17.4 Å². The van der Waals surface area contributed by atoms with Gasteiger partial charge in [-0.1, -0.05) is 18.2 Å². The molecule has 7 heteroatoms. The third kappa shape index (κ3) is 3.51. The third-order valence-corrected chi connectivity index (χ3v) is 3.15. The first kappa shape index (κ1) is 15.9. The molecular formula is C17H14F2N2O3. The van der Waals surface area contributed by atoms with Gasteiger partial charge in [0.25, 0.3) is 0 Å². The Labute approximate surface area is 136 Å². The maximum Gasteiger partial charge on any atom is 0.387 e. The summed E-state index contributed by atoms with van der Waals surface area (Å²) >= 11 is 0. The van der Waals surface area contributed by atoms with Gasteiger partial charge in [0.15, 0.2) is 11.5 Å². The SMILES string of the molecule is CCOc1cc(-c2nnc(-c3ccccc3)o2)ccc1OC(F)F. The molecule has 0 amide bonds. The Morgan fingerprint density at radius 3 is 2.33 bits per heavy atom. The molecule has 0 aliphatic carbocycles. The number of rotatable bonds is 6. The lowest BCUT2D eigenvalue weighted by atomic mass is 10.2. The Morgan fingerprint density at radius 2 is 1.67 bits per heavy atom. The first-order valence-electron chi connectivity index (χ1n) is 7.28. The van der Waals surface area contributed by atoms with E-state index < -0.39 is 6.61 Å². The van der Waals surface area contributed by atoms with Crippen molar-refractivity contribution in [1.29, 1.82) is 0 Å². The summed E-state index contributed by atoms with van der Waals surface area (Å²) in [4.78, 5) is 0. The van der Waals surface area contributed by atoms with Gasteiger partial charge in [0.05, 0.1) is 6.61 Å². The summed E-state index contributed by atoms with van der Waals surface area (Å²) in [5.74, 6) is 0.781. The standard InChI is InChI=1S/C17H14F2N2O3/c1-2-22-14-10-12(8-9-13(14)23-17(18)19)16-21-20-15(24-16)11-6-4-3-5-7-11/h3-10,17H,2H2,1H3. The van der Waals surface area contributed by atoms with Gasteiger partial charge in [-0.25, -0.2) is 0 Å². The summed E-state index contributed by atoms with van der Waals surface area (Å²) in [5, 5.41) is 7.99. The average molecular weight is 332 g/mol. The Balaban J connectivity index is 1.92. The van der Waals surface area contributed by atoms with Crippen molar-refractivity contribution in [3.05, 3.63) is 48.5 Å². The van der Waals surface area contributed by atoms with Gasteiger partial charge in [-0.2, -0.15) is 8.78 Å². The van der Waals surface area contributed by atoms with Gasteiger partial charge >= 0.3 is 6.61 Å². The summed E-state index contributed by atoms with van der Waals surface area (Å²) in [5.41, 5.74) is 1.34. The second kappa shape index (κ2) is 7.08. The van der Waals surface area contributed by atoms with E-state index in [1.54, 1.807) is 13.0 Å². The molecule has 1 heterocycles. The largest absolute Gasteiger partial charge is 0.490 e. The van der Waals surface area contributed by atoms with Crippen LogP contribution in [-0.2, 0) is 0 Å². The zero-order valence-electron chi connectivity index (χ0n) is 12.8. The molecule has 0 saturated carbocycles. The number of nitrogens with zero attached hydrogens (tertiary/aromatic N) is 2. The van der Waals surface area contributed by atoms with Crippen molar-refractivity contribution in [2.45, 2.75) is 13.5 Å². The minimum absolute atomic E-state index is 0.0431. The average Bonchev–Trinajstić information content (AvgIpc) is 3.07. The van der Waals surface area contributed by atoms with Crippen LogP contribution in [0.3, 0.4) is 0 Å². The molecule has 0 aliphatic rings. The number of benzene rings is 2. The van der Waals surface area contributed by atoms with Crippen LogP contribution in [0.1, 0.15) is 6.92 Å². The van der Waals surface area contributed by atoms with E-state index in [4.69, 9.17) is 9.15 Å². The molecule has 0 aliphatic heterocycles. The molecule has 3 rings (SSSR count). The molecular weight excluding hydrogens is 318 g/mol. The second-order valence-corrected chi connectivity index (χ2v) is 4.75. The second-order valence-electron chi connectivity index (χ2n) is 4.75. The number of hydrogen-bond acceptors (Lipinski definition) is 5. The smallest absolute Gasteiger partial charge is 0.387 e. The molecule has 2 aromatic carbocycles. The highest BCUT2D eigenvalue weighted by molar-refractivity contribution is 5.61. The summed E-state index contributed by atoms with van der Waals surface area (Å²) in [6.07, 6.45) is 0. The number of ether oxygens (including phenoxy) is 2. The molecule has 0 saturated heterocycles. The fraction of sp³-hybridized carbons (Fsp3) is 0.176. The van der Waals surface area contributed by atoms with Crippen LogP contribution in [0.2, 0.25) is 0 Å². The van der Waals surface area contributed by atoms with Crippen LogP contribution in [0, 0.1) is 0 Å². The van der Waals surface area contributed by atoms with Crippen molar-refractivity contribution in [3.8, 4) is 34.4 Å². The van der Waals surface area contributed by atoms with Crippen molar-refractivity contribution >= 4 is 0 Å². The van der Waals surface area contributed by atoms with Crippen LogP contribution in [-0.4, -0.2) is 23.4 Å². The van der Waals surface area contributed by atoms with Gasteiger partial charge in [0, 0.05) is 11.1 Å². The fourth-order valence-corrected chi connectivity index (χ4v) is 2.14. The van der Waals surface area contributed by atoms with Crippen LogP contribution in [0.5, 0.6) is 11.5 Å². The summed E-state index contributed by atoms with van der Waals surface area (Å²) < 4.78 is 40.3. The molecule has 0 fully saturated rings. The monoisotopic (exact) mass is 332 g/mol. The lowest BCUT2D eigenvalue weighted by molar-refractivity contribution is -0.0514. The highest BCUT2D eigenvalue weighted by Crippen LogP contribution is 2.34. The van der Waals surface area contributed by atoms with Crippen molar-refractivity contribution < 1.29 is 22.7 Å². The van der Waals surface area contributed by atoms with Crippen molar-refractivity contribution in [2.75, 3.05) is 6.61 Å². The zero-order valence-corrected chi connectivity index (χ0v) is 12.8. The van der Waals surface area contributed by atoms with Crippen LogP contribution >= 0.6 is 0 Å². The molecule has 3 aromatic rings. The van der Waals surface area contributed by atoms with Gasteiger partial charge in [-0.15, -0.1) is 10.2 Å². The minimum Gasteiger partial charge on any atom is -0.490 e. The number of hydrogen-bond donors (Lipinski definition) is 0. The molecule has 1 aromatic heterocycles. The predicted octanol–water partition coefficient (Wildman–Crippen LogP) is 4.40. The van der Waals surface area contributed by atoms with Crippen LogP contribution in [0.25, 0.3) is 22.9 Å². The number of alkyl halides is 2. The highest BCUT2D eigenvalue weighted by Gasteiger charge is 2.15. The summed E-state index contributed by atoms with van der Waals surface area (Å²) in [6, 6.07) is 13.8. The first-order valence-corrected chi connectivity index (χ1v) is 7.28. The van der Waals surface area contributed by atoms with Crippen LogP contribution in [0.4, 0.5) is 8.78 Å². The lowest BCUT2D eigenvalue weighted by Crippen LogP contribution is -2.04. The quantitative estimate of drug-likeness (QED) is 0.669. The van der Waals surface area contributed by atoms with E-state index in [9.17, 15) is 8.78 Å². The molecule has 0 atom stereocenters. The van der Waals surface area contributed by atoms with E-state index in [2.05, 4.69) is 14.9 Å². The third-order valence-electron chi connectivity index (χ3n) is 3.15. The Bertz CT molecular complexity index is 807. The van der Waals surface area contributed by atoms with Gasteiger partial charge in [-0.3, -0.25) is 0 Å². The lowest BCUT2D eigenvalue weighted by Gasteiger charge is -2.11. The van der Waals surface area contributed by atoms with Crippen molar-refractivity contribution in [2.24, 2.45) is 0 Å². The van der Waals surface area contributed by atoms with Crippen molar-refractivity contribution in [3.63, 3.8) is 0 Å². The summed E-state index contributed by atoms with van der Waals surface area (Å²) in [6.45, 7) is -0.871. The van der Waals surface area contributed by atoms with E-state index in [0.29, 0.717) is 18.1 Å². The maximum absolute atomic E-state index is 12.4. The first-order chi connectivity index (χ1) is 11.7.